The molecule has 0 saturated heterocycles. The molecule has 0 aliphatic heterocycles. The molecule has 0 fully saturated rings. The van der Waals surface area contributed by atoms with E-state index < -0.39 is 11.8 Å². The van der Waals surface area contributed by atoms with Crippen LogP contribution < -0.4 is 4.90 Å². The maximum atomic E-state index is 13.9. The number of halogens is 1. The van der Waals surface area contributed by atoms with E-state index in [0.717, 1.165) is 6.07 Å². The third-order valence-electron chi connectivity index (χ3n) is 2.59. The first kappa shape index (κ1) is 14.0. The molecule has 5 heteroatoms. The summed E-state index contributed by atoms with van der Waals surface area (Å²) in [4.78, 5) is 12.5. The number of carbonyl (C=O) groups is 1. The average Bonchev–Trinajstić information content (AvgIpc) is 2.30. The molecule has 0 aliphatic carbocycles. The Bertz CT molecular complexity index is 480. The Hall–Kier alpha value is -2.09. The molecule has 0 bridgehead atoms. The number of hydrogen-bond acceptors (Lipinski definition) is 3. The number of nitriles is 1. The number of aromatic carboxylic acids is 1. The predicted molar refractivity (Wildman–Crippen MR) is 66.1 cm³/mol. The van der Waals surface area contributed by atoms with Gasteiger partial charge in [-0.2, -0.15) is 5.26 Å². The van der Waals surface area contributed by atoms with Crippen molar-refractivity contribution in [3.05, 3.63) is 29.6 Å². The molecule has 0 amide bonds. The highest BCUT2D eigenvalue weighted by atomic mass is 19.1. The zero-order valence-electron chi connectivity index (χ0n) is 10.4. The largest absolute Gasteiger partial charge is 0.478 e. The molecule has 0 heterocycles. The minimum absolute atomic E-state index is 0.0310. The van der Waals surface area contributed by atoms with Gasteiger partial charge < -0.3 is 10.0 Å². The first-order valence-electron chi connectivity index (χ1n) is 5.63. The SMILES string of the molecule is CC(C)N(CCC#N)c1ccc(C(=O)O)cc1F. The van der Waals surface area contributed by atoms with Crippen LogP contribution >= 0.6 is 0 Å². The van der Waals surface area contributed by atoms with Crippen molar-refractivity contribution < 1.29 is 14.3 Å². The Morgan fingerprint density at radius 1 is 1.56 bits per heavy atom. The molecule has 1 aromatic carbocycles. The minimum atomic E-state index is -1.16. The standard InChI is InChI=1S/C13H15FN2O2/c1-9(2)16(7-3-6-15)12-5-4-10(13(17)18)8-11(12)14/h4-5,8-9H,3,7H2,1-2H3,(H,17,18). The fraction of sp³-hybridized carbons (Fsp3) is 0.385. The Labute approximate surface area is 105 Å². The highest BCUT2D eigenvalue weighted by Gasteiger charge is 2.16. The number of nitrogens with zero attached hydrogens (tertiary/aromatic N) is 2. The van der Waals surface area contributed by atoms with Gasteiger partial charge >= 0.3 is 5.97 Å². The molecular weight excluding hydrogens is 235 g/mol. The van der Waals surface area contributed by atoms with Crippen LogP contribution in [-0.4, -0.2) is 23.7 Å². The smallest absolute Gasteiger partial charge is 0.335 e. The summed E-state index contributed by atoms with van der Waals surface area (Å²) in [5.41, 5.74) is 0.241. The molecule has 1 N–H and O–H groups in total. The van der Waals surface area contributed by atoms with Gasteiger partial charge in [0.2, 0.25) is 0 Å². The summed E-state index contributed by atoms with van der Waals surface area (Å²) in [6.45, 7) is 4.20. The van der Waals surface area contributed by atoms with E-state index in [-0.39, 0.29) is 18.0 Å². The summed E-state index contributed by atoms with van der Waals surface area (Å²) in [6, 6.07) is 5.85. The topological polar surface area (TPSA) is 64.3 Å². The summed E-state index contributed by atoms with van der Waals surface area (Å²) in [5, 5.41) is 17.3. The van der Waals surface area contributed by atoms with Crippen molar-refractivity contribution in [1.82, 2.24) is 0 Å². The number of benzene rings is 1. The molecule has 0 aromatic heterocycles. The second-order valence-corrected chi connectivity index (χ2v) is 4.17. The first-order valence-corrected chi connectivity index (χ1v) is 5.63. The van der Waals surface area contributed by atoms with Crippen LogP contribution in [0.3, 0.4) is 0 Å². The molecule has 0 unspecified atom stereocenters. The molecule has 0 atom stereocenters. The zero-order valence-corrected chi connectivity index (χ0v) is 10.4. The van der Waals surface area contributed by atoms with Gasteiger partial charge in [0, 0.05) is 12.6 Å². The molecule has 96 valence electrons. The van der Waals surface area contributed by atoms with Gasteiger partial charge in [-0.15, -0.1) is 0 Å². The highest BCUT2D eigenvalue weighted by molar-refractivity contribution is 5.88. The Morgan fingerprint density at radius 3 is 2.67 bits per heavy atom. The molecule has 0 saturated carbocycles. The van der Waals surface area contributed by atoms with Crippen molar-refractivity contribution in [2.75, 3.05) is 11.4 Å². The number of hydrogen-bond donors (Lipinski definition) is 1. The normalized spacial score (nSPS) is 10.2. The van der Waals surface area contributed by atoms with Gasteiger partial charge in [-0.1, -0.05) is 0 Å². The monoisotopic (exact) mass is 250 g/mol. The van der Waals surface area contributed by atoms with Crippen LogP contribution in [0, 0.1) is 17.1 Å². The van der Waals surface area contributed by atoms with Crippen molar-refractivity contribution in [2.45, 2.75) is 26.3 Å². The Balaban J connectivity index is 3.06. The summed E-state index contributed by atoms with van der Waals surface area (Å²) >= 11 is 0. The quantitative estimate of drug-likeness (QED) is 0.872. The Kier molecular flexibility index (Phi) is 4.67. The molecule has 4 nitrogen and oxygen atoms in total. The van der Waals surface area contributed by atoms with Crippen LogP contribution in [0.1, 0.15) is 30.6 Å². The second-order valence-electron chi connectivity index (χ2n) is 4.17. The summed E-state index contributed by atoms with van der Waals surface area (Å²) < 4.78 is 13.9. The Morgan fingerprint density at radius 2 is 2.22 bits per heavy atom. The van der Waals surface area contributed by atoms with Crippen molar-refractivity contribution in [2.24, 2.45) is 0 Å². The average molecular weight is 250 g/mol. The number of carboxylic acids is 1. The van der Waals surface area contributed by atoms with Gasteiger partial charge in [-0.25, -0.2) is 9.18 Å². The van der Waals surface area contributed by atoms with Gasteiger partial charge in [-0.05, 0) is 32.0 Å². The lowest BCUT2D eigenvalue weighted by Gasteiger charge is -2.28. The predicted octanol–water partition coefficient (Wildman–Crippen LogP) is 2.65. The first-order chi connectivity index (χ1) is 8.47. The lowest BCUT2D eigenvalue weighted by molar-refractivity contribution is 0.0696. The third kappa shape index (κ3) is 3.20. The van der Waals surface area contributed by atoms with Crippen molar-refractivity contribution in [1.29, 1.82) is 5.26 Å². The molecule has 0 spiro atoms. The van der Waals surface area contributed by atoms with Crippen LogP contribution in [0.15, 0.2) is 18.2 Å². The fourth-order valence-corrected chi connectivity index (χ4v) is 1.70. The summed E-state index contributed by atoms with van der Waals surface area (Å²) in [5.74, 6) is -1.74. The maximum absolute atomic E-state index is 13.9. The van der Waals surface area contributed by atoms with E-state index in [9.17, 15) is 9.18 Å². The van der Waals surface area contributed by atoms with Gasteiger partial charge in [0.1, 0.15) is 5.82 Å². The van der Waals surface area contributed by atoms with E-state index in [1.54, 1.807) is 4.90 Å². The van der Waals surface area contributed by atoms with E-state index in [0.29, 0.717) is 12.2 Å². The van der Waals surface area contributed by atoms with Crippen LogP contribution in [0.5, 0.6) is 0 Å². The van der Waals surface area contributed by atoms with Gasteiger partial charge in [0.25, 0.3) is 0 Å². The molecule has 1 rings (SSSR count). The minimum Gasteiger partial charge on any atom is -0.478 e. The van der Waals surface area contributed by atoms with Gasteiger partial charge in [-0.3, -0.25) is 0 Å². The lowest BCUT2D eigenvalue weighted by Crippen LogP contribution is -2.32. The molecule has 0 aliphatic rings. The van der Waals surface area contributed by atoms with Crippen LogP contribution in [-0.2, 0) is 0 Å². The second kappa shape index (κ2) is 6.01. The molecule has 1 aromatic rings. The maximum Gasteiger partial charge on any atom is 0.335 e. The van der Waals surface area contributed by atoms with Crippen molar-refractivity contribution in [3.63, 3.8) is 0 Å². The zero-order chi connectivity index (χ0) is 13.7. The third-order valence-corrected chi connectivity index (χ3v) is 2.59. The molecular formula is C13H15FN2O2. The summed E-state index contributed by atoms with van der Waals surface area (Å²) in [6.07, 6.45) is 0.290. The van der Waals surface area contributed by atoms with E-state index in [4.69, 9.17) is 10.4 Å². The summed E-state index contributed by atoms with van der Waals surface area (Å²) in [7, 11) is 0. The van der Waals surface area contributed by atoms with E-state index >= 15 is 0 Å². The lowest BCUT2D eigenvalue weighted by atomic mass is 10.1. The van der Waals surface area contributed by atoms with E-state index in [1.807, 2.05) is 19.9 Å². The molecule has 0 radical (unpaired) electrons. The van der Waals surface area contributed by atoms with Crippen molar-refractivity contribution >= 4 is 11.7 Å². The van der Waals surface area contributed by atoms with Crippen molar-refractivity contribution in [3.8, 4) is 6.07 Å². The van der Waals surface area contributed by atoms with E-state index in [1.165, 1.54) is 12.1 Å². The van der Waals surface area contributed by atoms with Crippen LogP contribution in [0.25, 0.3) is 0 Å². The van der Waals surface area contributed by atoms with Gasteiger partial charge in [0.15, 0.2) is 0 Å². The fourth-order valence-electron chi connectivity index (χ4n) is 1.70. The number of rotatable bonds is 5. The van der Waals surface area contributed by atoms with Crippen LogP contribution in [0.4, 0.5) is 10.1 Å². The van der Waals surface area contributed by atoms with E-state index in [2.05, 4.69) is 0 Å². The van der Waals surface area contributed by atoms with Crippen LogP contribution in [0.2, 0.25) is 0 Å². The highest BCUT2D eigenvalue weighted by Crippen LogP contribution is 2.23. The number of anilines is 1. The molecule has 18 heavy (non-hydrogen) atoms. The van der Waals surface area contributed by atoms with Gasteiger partial charge in [0.05, 0.1) is 23.7 Å². The number of carboxylic acid groups (broad SMARTS) is 1.